The van der Waals surface area contributed by atoms with E-state index in [2.05, 4.69) is 10.6 Å². The van der Waals surface area contributed by atoms with Gasteiger partial charge in [-0.1, -0.05) is 36.4 Å². The lowest BCUT2D eigenvalue weighted by Gasteiger charge is -2.16. The predicted octanol–water partition coefficient (Wildman–Crippen LogP) is -2.41. The SMILES string of the molecule is O=C(Cc1cccc2c1B(O)OC2)NCC(NC(=O)Cc1cccc2c1B(O)OC2)C(=O)O. The zero-order valence-electron chi connectivity index (χ0n) is 17.6. The third-order valence-electron chi connectivity index (χ3n) is 5.70. The number of benzene rings is 2. The van der Waals surface area contributed by atoms with Crippen molar-refractivity contribution in [3.63, 3.8) is 0 Å². The average Bonchev–Trinajstić information content (AvgIpc) is 3.35. The van der Waals surface area contributed by atoms with E-state index >= 15 is 0 Å². The summed E-state index contributed by atoms with van der Waals surface area (Å²) in [7, 11) is -2.22. The molecular formula is C21H22B2N2O8. The van der Waals surface area contributed by atoms with Crippen molar-refractivity contribution in [1.29, 1.82) is 0 Å². The zero-order chi connectivity index (χ0) is 23.5. The molecule has 0 aliphatic carbocycles. The maximum absolute atomic E-state index is 12.5. The van der Waals surface area contributed by atoms with Crippen LogP contribution < -0.4 is 21.6 Å². The molecule has 0 spiro atoms. The van der Waals surface area contributed by atoms with E-state index in [9.17, 15) is 29.5 Å². The molecule has 2 aromatic carbocycles. The summed E-state index contributed by atoms with van der Waals surface area (Å²) in [6.07, 6.45) is -0.215. The summed E-state index contributed by atoms with van der Waals surface area (Å²) >= 11 is 0. The van der Waals surface area contributed by atoms with Gasteiger partial charge in [-0.3, -0.25) is 9.59 Å². The Morgan fingerprint density at radius 3 is 1.91 bits per heavy atom. The number of hydrogen-bond donors (Lipinski definition) is 5. The summed E-state index contributed by atoms with van der Waals surface area (Å²) in [5, 5.41) is 34.3. The van der Waals surface area contributed by atoms with Crippen molar-refractivity contribution in [3.8, 4) is 0 Å². The largest absolute Gasteiger partial charge is 0.492 e. The minimum absolute atomic E-state index is 0.0715. The summed E-state index contributed by atoms with van der Waals surface area (Å²) in [5.74, 6) is -2.32. The number of hydrogen-bond acceptors (Lipinski definition) is 7. The van der Waals surface area contributed by atoms with Gasteiger partial charge in [-0.25, -0.2) is 4.79 Å². The first-order chi connectivity index (χ1) is 15.8. The first-order valence-electron chi connectivity index (χ1n) is 10.4. The van der Waals surface area contributed by atoms with Crippen molar-refractivity contribution in [2.24, 2.45) is 0 Å². The Bertz CT molecular complexity index is 1100. The van der Waals surface area contributed by atoms with Crippen LogP contribution in [0.2, 0.25) is 0 Å². The van der Waals surface area contributed by atoms with Gasteiger partial charge in [-0.2, -0.15) is 0 Å². The minimum Gasteiger partial charge on any atom is -0.480 e. The Balaban J connectivity index is 1.34. The Morgan fingerprint density at radius 2 is 1.39 bits per heavy atom. The third-order valence-corrected chi connectivity index (χ3v) is 5.70. The first kappa shape index (κ1) is 23.0. The molecule has 2 heterocycles. The number of nitrogens with one attached hydrogen (secondary N) is 2. The second-order valence-corrected chi connectivity index (χ2v) is 7.92. The van der Waals surface area contributed by atoms with Crippen LogP contribution in [0.5, 0.6) is 0 Å². The molecule has 12 heteroatoms. The summed E-state index contributed by atoms with van der Waals surface area (Å²) in [4.78, 5) is 36.5. The van der Waals surface area contributed by atoms with Crippen LogP contribution in [-0.4, -0.2) is 59.8 Å². The number of fused-ring (bicyclic) bond motifs is 2. The van der Waals surface area contributed by atoms with E-state index in [1.165, 1.54) is 0 Å². The monoisotopic (exact) mass is 452 g/mol. The van der Waals surface area contributed by atoms with Crippen LogP contribution in [0.1, 0.15) is 22.3 Å². The van der Waals surface area contributed by atoms with Crippen LogP contribution in [0.15, 0.2) is 36.4 Å². The maximum Gasteiger partial charge on any atom is 0.492 e. The van der Waals surface area contributed by atoms with Crippen molar-refractivity contribution in [2.45, 2.75) is 32.1 Å². The van der Waals surface area contributed by atoms with Crippen molar-refractivity contribution < 1.29 is 38.8 Å². The molecule has 1 unspecified atom stereocenters. The van der Waals surface area contributed by atoms with Gasteiger partial charge < -0.3 is 35.1 Å². The molecule has 33 heavy (non-hydrogen) atoms. The number of rotatable bonds is 8. The van der Waals surface area contributed by atoms with Crippen LogP contribution in [-0.2, 0) is 49.7 Å². The minimum atomic E-state index is -1.34. The lowest BCUT2D eigenvalue weighted by atomic mass is 9.75. The van der Waals surface area contributed by atoms with E-state index in [1.807, 2.05) is 0 Å². The van der Waals surface area contributed by atoms with Crippen LogP contribution >= 0.6 is 0 Å². The molecule has 0 saturated heterocycles. The molecule has 170 valence electrons. The molecule has 4 rings (SSSR count). The molecule has 2 aromatic rings. The smallest absolute Gasteiger partial charge is 0.480 e. The number of carboxylic acid groups (broad SMARTS) is 1. The highest BCUT2D eigenvalue weighted by atomic mass is 16.5. The van der Waals surface area contributed by atoms with Crippen LogP contribution in [0.25, 0.3) is 0 Å². The number of aliphatic carboxylic acids is 1. The number of carbonyl (C=O) groups is 3. The molecule has 0 radical (unpaired) electrons. The van der Waals surface area contributed by atoms with Crippen molar-refractivity contribution in [2.75, 3.05) is 6.54 Å². The van der Waals surface area contributed by atoms with Crippen molar-refractivity contribution >= 4 is 42.9 Å². The number of carboxylic acids is 1. The molecule has 2 amide bonds. The fourth-order valence-electron chi connectivity index (χ4n) is 4.10. The van der Waals surface area contributed by atoms with Gasteiger partial charge in [0, 0.05) is 6.54 Å². The first-order valence-corrected chi connectivity index (χ1v) is 10.4. The highest BCUT2D eigenvalue weighted by Gasteiger charge is 2.32. The number of amides is 2. The molecule has 5 N–H and O–H groups in total. The van der Waals surface area contributed by atoms with E-state index in [4.69, 9.17) is 9.31 Å². The lowest BCUT2D eigenvalue weighted by molar-refractivity contribution is -0.141. The molecule has 0 aromatic heterocycles. The summed E-state index contributed by atoms with van der Waals surface area (Å²) < 4.78 is 10.3. The van der Waals surface area contributed by atoms with Crippen LogP contribution in [0.4, 0.5) is 0 Å². The van der Waals surface area contributed by atoms with Gasteiger partial charge in [0.2, 0.25) is 11.8 Å². The molecule has 0 fully saturated rings. The number of carbonyl (C=O) groups excluding carboxylic acids is 2. The predicted molar refractivity (Wildman–Crippen MR) is 118 cm³/mol. The fourth-order valence-corrected chi connectivity index (χ4v) is 4.10. The van der Waals surface area contributed by atoms with E-state index in [1.54, 1.807) is 36.4 Å². The van der Waals surface area contributed by atoms with Gasteiger partial charge in [0.05, 0.1) is 26.1 Å². The van der Waals surface area contributed by atoms with E-state index in [0.29, 0.717) is 22.1 Å². The van der Waals surface area contributed by atoms with Gasteiger partial charge >= 0.3 is 20.2 Å². The average molecular weight is 452 g/mol. The summed E-state index contributed by atoms with van der Waals surface area (Å²) in [6.45, 7) is 0.184. The molecule has 0 saturated carbocycles. The van der Waals surface area contributed by atoms with E-state index in [0.717, 1.165) is 11.1 Å². The lowest BCUT2D eigenvalue weighted by Crippen LogP contribution is -2.49. The Hall–Kier alpha value is -3.18. The fraction of sp³-hybridized carbons (Fsp3) is 0.286. The molecular weight excluding hydrogens is 430 g/mol. The quantitative estimate of drug-likeness (QED) is 0.278. The standard InChI is InChI=1S/C21H22B2N2O8/c26-17(7-12-3-1-5-14-10-32-22(30)19(12)14)24-9-16(21(28)29)25-18(27)8-13-4-2-6-15-11-33-23(31)20(13)15/h1-6,16,30-31H,7-11H2,(H,24,26)(H,25,27)(H,28,29). The third kappa shape index (κ3) is 5.09. The highest BCUT2D eigenvalue weighted by molar-refractivity contribution is 6.62. The van der Waals surface area contributed by atoms with Crippen LogP contribution in [0.3, 0.4) is 0 Å². The zero-order valence-corrected chi connectivity index (χ0v) is 17.6. The normalized spacial score (nSPS) is 15.1. The Kier molecular flexibility index (Phi) is 6.80. The molecule has 10 nitrogen and oxygen atoms in total. The Labute approximate surface area is 190 Å². The molecule has 2 aliphatic rings. The highest BCUT2D eigenvalue weighted by Crippen LogP contribution is 2.14. The summed E-state index contributed by atoms with van der Waals surface area (Å²) in [6, 6.07) is 9.11. The van der Waals surface area contributed by atoms with Crippen molar-refractivity contribution in [3.05, 3.63) is 58.7 Å². The Morgan fingerprint density at radius 1 is 0.879 bits per heavy atom. The van der Waals surface area contributed by atoms with Crippen LogP contribution in [0, 0.1) is 0 Å². The maximum atomic E-state index is 12.5. The van der Waals surface area contributed by atoms with Crippen molar-refractivity contribution in [1.82, 2.24) is 10.6 Å². The second-order valence-electron chi connectivity index (χ2n) is 7.92. The van der Waals surface area contributed by atoms with E-state index in [-0.39, 0.29) is 32.6 Å². The summed E-state index contributed by atoms with van der Waals surface area (Å²) in [5.41, 5.74) is 3.78. The van der Waals surface area contributed by atoms with Gasteiger partial charge in [-0.05, 0) is 33.2 Å². The van der Waals surface area contributed by atoms with Gasteiger partial charge in [0.1, 0.15) is 6.04 Å². The van der Waals surface area contributed by atoms with Gasteiger partial charge in [-0.15, -0.1) is 0 Å². The van der Waals surface area contributed by atoms with Gasteiger partial charge in [0.15, 0.2) is 0 Å². The second kappa shape index (κ2) is 9.75. The van der Waals surface area contributed by atoms with Gasteiger partial charge in [0.25, 0.3) is 0 Å². The van der Waals surface area contributed by atoms with E-state index < -0.39 is 38.1 Å². The molecule has 1 atom stereocenters. The molecule has 0 bridgehead atoms. The molecule has 2 aliphatic heterocycles. The topological polar surface area (TPSA) is 154 Å².